The Morgan fingerprint density at radius 2 is 1.95 bits per heavy atom. The van der Waals surface area contributed by atoms with Crippen LogP contribution in [0.25, 0.3) is 0 Å². The Balaban J connectivity index is 2.30. The summed E-state index contributed by atoms with van der Waals surface area (Å²) in [5.41, 5.74) is 1.01. The predicted molar refractivity (Wildman–Crippen MR) is 79.7 cm³/mol. The van der Waals surface area contributed by atoms with E-state index in [2.05, 4.69) is 9.88 Å². The number of hydrogen-bond acceptors (Lipinski definition) is 4. The van der Waals surface area contributed by atoms with Crippen LogP contribution in [0.3, 0.4) is 0 Å². The third-order valence-corrected chi connectivity index (χ3v) is 2.93. The Morgan fingerprint density at radius 1 is 1.15 bits per heavy atom. The normalized spacial score (nSPS) is 10.7. The maximum atomic E-state index is 5.95. The first-order valence-corrected chi connectivity index (χ1v) is 6.57. The third-order valence-electron chi connectivity index (χ3n) is 2.69. The first kappa shape index (κ1) is 14.6. The lowest BCUT2D eigenvalue weighted by atomic mass is 10.2. The molecule has 2 aromatic rings. The van der Waals surface area contributed by atoms with E-state index in [0.717, 1.165) is 17.9 Å². The molecule has 5 heteroatoms. The zero-order chi connectivity index (χ0) is 14.5. The molecule has 0 saturated carbocycles. The molecule has 0 aliphatic carbocycles. The van der Waals surface area contributed by atoms with Gasteiger partial charge in [0.15, 0.2) is 11.5 Å². The van der Waals surface area contributed by atoms with E-state index in [1.54, 1.807) is 37.7 Å². The van der Waals surface area contributed by atoms with Gasteiger partial charge in [-0.2, -0.15) is 0 Å². The van der Waals surface area contributed by atoms with Gasteiger partial charge < -0.3 is 14.4 Å². The van der Waals surface area contributed by atoms with Crippen molar-refractivity contribution in [3.63, 3.8) is 0 Å². The van der Waals surface area contributed by atoms with Gasteiger partial charge in [-0.05, 0) is 32.3 Å². The molecule has 2 rings (SSSR count). The molecular formula is C15H17ClN2O2. The van der Waals surface area contributed by atoms with Crippen LogP contribution >= 0.6 is 11.6 Å². The maximum Gasteiger partial charge on any atom is 0.169 e. The number of benzene rings is 1. The molecule has 4 nitrogen and oxygen atoms in total. The molecule has 0 aliphatic heterocycles. The van der Waals surface area contributed by atoms with Crippen molar-refractivity contribution in [3.8, 4) is 17.2 Å². The minimum Gasteiger partial charge on any atom is -0.493 e. The SMILES string of the molecule is COc1cc(Cl)ccc1Oc1ccncc1CN(C)C. The topological polar surface area (TPSA) is 34.6 Å². The number of aromatic nitrogens is 1. The zero-order valence-corrected chi connectivity index (χ0v) is 12.5. The Bertz CT molecular complexity index is 588. The Hall–Kier alpha value is -1.78. The molecule has 0 atom stereocenters. The van der Waals surface area contributed by atoms with Gasteiger partial charge in [0.2, 0.25) is 0 Å². The van der Waals surface area contributed by atoms with E-state index < -0.39 is 0 Å². The van der Waals surface area contributed by atoms with Crippen molar-refractivity contribution in [2.45, 2.75) is 6.54 Å². The van der Waals surface area contributed by atoms with Crippen molar-refractivity contribution < 1.29 is 9.47 Å². The van der Waals surface area contributed by atoms with Gasteiger partial charge in [-0.15, -0.1) is 0 Å². The minimum absolute atomic E-state index is 0.602. The van der Waals surface area contributed by atoms with E-state index in [4.69, 9.17) is 21.1 Å². The molecule has 1 aromatic carbocycles. The van der Waals surface area contributed by atoms with Crippen LogP contribution in [-0.4, -0.2) is 31.1 Å². The molecule has 0 amide bonds. The molecule has 1 heterocycles. The molecule has 1 aromatic heterocycles. The number of halogens is 1. The molecule has 0 aliphatic rings. The summed E-state index contributed by atoms with van der Waals surface area (Å²) in [5, 5.41) is 0.609. The van der Waals surface area contributed by atoms with Crippen LogP contribution in [0.2, 0.25) is 5.02 Å². The number of pyridine rings is 1. The second kappa shape index (κ2) is 6.59. The van der Waals surface area contributed by atoms with Crippen molar-refractivity contribution >= 4 is 11.6 Å². The summed E-state index contributed by atoms with van der Waals surface area (Å²) in [5.74, 6) is 1.99. The third kappa shape index (κ3) is 3.62. The minimum atomic E-state index is 0.602. The van der Waals surface area contributed by atoms with Crippen LogP contribution in [0.5, 0.6) is 17.2 Å². The van der Waals surface area contributed by atoms with Crippen molar-refractivity contribution in [2.75, 3.05) is 21.2 Å². The van der Waals surface area contributed by atoms with Gasteiger partial charge in [0.25, 0.3) is 0 Å². The molecule has 20 heavy (non-hydrogen) atoms. The molecule has 0 N–H and O–H groups in total. The molecule has 106 valence electrons. The summed E-state index contributed by atoms with van der Waals surface area (Å²) in [7, 11) is 5.59. The maximum absolute atomic E-state index is 5.95. The summed E-state index contributed by atoms with van der Waals surface area (Å²) in [6.45, 7) is 0.749. The average molecular weight is 293 g/mol. The Labute approximate surface area is 123 Å². The zero-order valence-electron chi connectivity index (χ0n) is 11.8. The van der Waals surface area contributed by atoms with E-state index in [0.29, 0.717) is 16.5 Å². The van der Waals surface area contributed by atoms with E-state index in [9.17, 15) is 0 Å². The molecule has 0 spiro atoms. The van der Waals surface area contributed by atoms with E-state index >= 15 is 0 Å². The van der Waals surface area contributed by atoms with E-state index in [-0.39, 0.29) is 0 Å². The monoisotopic (exact) mass is 292 g/mol. The van der Waals surface area contributed by atoms with Gasteiger partial charge in [-0.3, -0.25) is 4.98 Å². The number of nitrogens with zero attached hydrogens (tertiary/aromatic N) is 2. The fraction of sp³-hybridized carbons (Fsp3) is 0.267. The van der Waals surface area contributed by atoms with Gasteiger partial charge in [0, 0.05) is 35.6 Å². The van der Waals surface area contributed by atoms with Crippen LogP contribution in [0.4, 0.5) is 0 Å². The first-order chi connectivity index (χ1) is 9.60. The van der Waals surface area contributed by atoms with Gasteiger partial charge in [0.1, 0.15) is 5.75 Å². The predicted octanol–water partition coefficient (Wildman–Crippen LogP) is 3.60. The summed E-state index contributed by atoms with van der Waals surface area (Å²) < 4.78 is 11.2. The van der Waals surface area contributed by atoms with Crippen LogP contribution < -0.4 is 9.47 Å². The standard InChI is InChI=1S/C15H17ClN2O2/c1-18(2)10-11-9-17-7-6-13(11)20-14-5-4-12(16)8-15(14)19-3/h4-9H,10H2,1-3H3. The number of methoxy groups -OCH3 is 1. The fourth-order valence-electron chi connectivity index (χ4n) is 1.82. The highest BCUT2D eigenvalue weighted by atomic mass is 35.5. The lowest BCUT2D eigenvalue weighted by Gasteiger charge is -2.15. The molecule has 0 bridgehead atoms. The highest BCUT2D eigenvalue weighted by Gasteiger charge is 2.10. The number of ether oxygens (including phenoxy) is 2. The summed E-state index contributed by atoms with van der Waals surface area (Å²) >= 11 is 5.95. The van der Waals surface area contributed by atoms with Gasteiger partial charge in [-0.25, -0.2) is 0 Å². The number of hydrogen-bond donors (Lipinski definition) is 0. The molecule has 0 saturated heterocycles. The van der Waals surface area contributed by atoms with Gasteiger partial charge in [0.05, 0.1) is 7.11 Å². The van der Waals surface area contributed by atoms with Crippen molar-refractivity contribution in [2.24, 2.45) is 0 Å². The van der Waals surface area contributed by atoms with E-state index in [1.165, 1.54) is 0 Å². The Kier molecular flexibility index (Phi) is 4.82. The average Bonchev–Trinajstić information content (AvgIpc) is 2.42. The molecule has 0 unspecified atom stereocenters. The second-order valence-electron chi connectivity index (χ2n) is 4.62. The van der Waals surface area contributed by atoms with Crippen molar-refractivity contribution in [3.05, 3.63) is 47.2 Å². The lowest BCUT2D eigenvalue weighted by Crippen LogP contribution is -2.11. The summed E-state index contributed by atoms with van der Waals surface area (Å²) in [4.78, 5) is 6.20. The first-order valence-electron chi connectivity index (χ1n) is 6.19. The molecule has 0 radical (unpaired) electrons. The highest BCUT2D eigenvalue weighted by molar-refractivity contribution is 6.30. The summed E-state index contributed by atoms with van der Waals surface area (Å²) in [6.07, 6.45) is 3.51. The largest absolute Gasteiger partial charge is 0.493 e. The quantitative estimate of drug-likeness (QED) is 0.843. The van der Waals surface area contributed by atoms with Gasteiger partial charge in [-0.1, -0.05) is 11.6 Å². The smallest absolute Gasteiger partial charge is 0.169 e. The van der Waals surface area contributed by atoms with Crippen LogP contribution in [-0.2, 0) is 6.54 Å². The Morgan fingerprint density at radius 3 is 2.65 bits per heavy atom. The lowest BCUT2D eigenvalue weighted by molar-refractivity contribution is 0.366. The van der Waals surface area contributed by atoms with Crippen LogP contribution in [0.1, 0.15) is 5.56 Å². The number of rotatable bonds is 5. The second-order valence-corrected chi connectivity index (χ2v) is 5.05. The molecular weight excluding hydrogens is 276 g/mol. The van der Waals surface area contributed by atoms with Crippen molar-refractivity contribution in [1.29, 1.82) is 0 Å². The van der Waals surface area contributed by atoms with Crippen LogP contribution in [0.15, 0.2) is 36.7 Å². The van der Waals surface area contributed by atoms with Crippen LogP contribution in [0, 0.1) is 0 Å². The molecule has 0 fully saturated rings. The fourth-order valence-corrected chi connectivity index (χ4v) is 1.98. The highest BCUT2D eigenvalue weighted by Crippen LogP contribution is 2.34. The van der Waals surface area contributed by atoms with Gasteiger partial charge >= 0.3 is 0 Å². The van der Waals surface area contributed by atoms with Crippen molar-refractivity contribution in [1.82, 2.24) is 9.88 Å². The summed E-state index contributed by atoms with van der Waals surface area (Å²) in [6, 6.07) is 7.13. The van der Waals surface area contributed by atoms with E-state index in [1.807, 2.05) is 20.2 Å².